The van der Waals surface area contributed by atoms with Crippen LogP contribution in [0, 0.1) is 0 Å². The molecular weight excluding hydrogens is 266 g/mol. The average Bonchev–Trinajstić information content (AvgIpc) is 2.58. The maximum absolute atomic E-state index is 11.7. The number of anilines is 1. The van der Waals surface area contributed by atoms with E-state index in [-0.39, 0.29) is 5.56 Å². The summed E-state index contributed by atoms with van der Waals surface area (Å²) >= 11 is 1.27. The van der Waals surface area contributed by atoms with Crippen LogP contribution in [-0.4, -0.2) is 22.8 Å². The second-order valence-corrected chi connectivity index (χ2v) is 6.27. The molecule has 1 heterocycles. The van der Waals surface area contributed by atoms with Crippen molar-refractivity contribution in [3.05, 3.63) is 16.5 Å². The van der Waals surface area contributed by atoms with E-state index in [2.05, 4.69) is 5.32 Å². The molecule has 0 saturated carbocycles. The van der Waals surface area contributed by atoms with Crippen molar-refractivity contribution in [3.63, 3.8) is 0 Å². The minimum atomic E-state index is -1.05. The van der Waals surface area contributed by atoms with E-state index in [1.54, 1.807) is 26.8 Å². The van der Waals surface area contributed by atoms with E-state index in [0.29, 0.717) is 5.00 Å². The molecule has 0 aliphatic rings. The number of hydrogen-bond donors (Lipinski definition) is 2. The Morgan fingerprint density at radius 2 is 2.05 bits per heavy atom. The number of carbonyl (C=O) groups is 2. The lowest BCUT2D eigenvalue weighted by Gasteiger charge is -2.19. The van der Waals surface area contributed by atoms with Gasteiger partial charge in [-0.25, -0.2) is 9.59 Å². The van der Waals surface area contributed by atoms with E-state index in [1.165, 1.54) is 11.3 Å². The summed E-state index contributed by atoms with van der Waals surface area (Å²) in [5.74, 6) is -1.05. The number of aromatic carboxylic acids is 1. The van der Waals surface area contributed by atoms with Crippen LogP contribution in [0.2, 0.25) is 0 Å². The molecule has 0 fully saturated rings. The van der Waals surface area contributed by atoms with Crippen LogP contribution in [0.5, 0.6) is 0 Å². The van der Waals surface area contributed by atoms with Crippen LogP contribution in [0.1, 0.15) is 49.4 Å². The molecule has 0 atom stereocenters. The fraction of sp³-hybridized carbons (Fsp3) is 0.538. The van der Waals surface area contributed by atoms with Crippen LogP contribution in [0.25, 0.3) is 0 Å². The Labute approximate surface area is 116 Å². The fourth-order valence-corrected chi connectivity index (χ4v) is 2.60. The van der Waals surface area contributed by atoms with Crippen molar-refractivity contribution in [2.24, 2.45) is 0 Å². The van der Waals surface area contributed by atoms with Crippen molar-refractivity contribution in [3.8, 4) is 0 Å². The predicted octanol–water partition coefficient (Wildman–Crippen LogP) is 3.75. The van der Waals surface area contributed by atoms with Crippen LogP contribution >= 0.6 is 11.3 Å². The highest BCUT2D eigenvalue weighted by molar-refractivity contribution is 7.16. The first-order valence-corrected chi connectivity index (χ1v) is 6.90. The van der Waals surface area contributed by atoms with Crippen LogP contribution in [0.3, 0.4) is 0 Å². The highest BCUT2D eigenvalue weighted by atomic mass is 32.1. The monoisotopic (exact) mass is 285 g/mol. The Hall–Kier alpha value is -1.56. The first-order valence-electron chi connectivity index (χ1n) is 6.09. The molecule has 2 N–H and O–H groups in total. The van der Waals surface area contributed by atoms with Gasteiger partial charge in [0.2, 0.25) is 0 Å². The van der Waals surface area contributed by atoms with Gasteiger partial charge >= 0.3 is 12.1 Å². The van der Waals surface area contributed by atoms with Gasteiger partial charge in [-0.05, 0) is 33.3 Å². The van der Waals surface area contributed by atoms with Gasteiger partial charge in [-0.1, -0.05) is 13.3 Å². The van der Waals surface area contributed by atoms with E-state index < -0.39 is 17.7 Å². The predicted molar refractivity (Wildman–Crippen MR) is 75.1 cm³/mol. The standard InChI is InChI=1S/C13H19NO4S/c1-5-6-8-7-9(11(15)16)10(19-8)14-12(17)18-13(2,3)4/h7H,5-6H2,1-4H3,(H,14,17)(H,15,16). The lowest BCUT2D eigenvalue weighted by atomic mass is 10.2. The number of carboxylic acids is 1. The third-order valence-corrected chi connectivity index (χ3v) is 3.23. The number of aryl methyl sites for hydroxylation is 1. The van der Waals surface area contributed by atoms with Gasteiger partial charge in [0.25, 0.3) is 0 Å². The second kappa shape index (κ2) is 6.06. The number of amides is 1. The summed E-state index contributed by atoms with van der Waals surface area (Å²) in [6.45, 7) is 7.27. The van der Waals surface area contributed by atoms with Crippen LogP contribution in [0.15, 0.2) is 6.07 Å². The normalized spacial score (nSPS) is 11.2. The highest BCUT2D eigenvalue weighted by Crippen LogP contribution is 2.29. The minimum absolute atomic E-state index is 0.110. The minimum Gasteiger partial charge on any atom is -0.478 e. The van der Waals surface area contributed by atoms with E-state index in [1.807, 2.05) is 6.92 Å². The molecule has 1 aromatic heterocycles. The SMILES string of the molecule is CCCc1cc(C(=O)O)c(NC(=O)OC(C)(C)C)s1. The maximum atomic E-state index is 11.7. The third kappa shape index (κ3) is 4.90. The summed E-state index contributed by atoms with van der Waals surface area (Å²) in [5, 5.41) is 11.9. The summed E-state index contributed by atoms with van der Waals surface area (Å²) in [6, 6.07) is 1.60. The zero-order chi connectivity index (χ0) is 14.6. The molecule has 0 bridgehead atoms. The number of carboxylic acid groups (broad SMARTS) is 1. The van der Waals surface area contributed by atoms with Crippen molar-refractivity contribution in [1.29, 1.82) is 0 Å². The maximum Gasteiger partial charge on any atom is 0.412 e. The molecule has 0 aliphatic carbocycles. The van der Waals surface area contributed by atoms with Crippen LogP contribution < -0.4 is 5.32 Å². The molecule has 0 spiro atoms. The largest absolute Gasteiger partial charge is 0.478 e. The zero-order valence-corrected chi connectivity index (χ0v) is 12.4. The van der Waals surface area contributed by atoms with E-state index in [9.17, 15) is 9.59 Å². The van der Waals surface area contributed by atoms with Gasteiger partial charge in [0.05, 0.1) is 5.56 Å². The summed E-state index contributed by atoms with van der Waals surface area (Å²) in [5.41, 5.74) is -0.504. The van der Waals surface area contributed by atoms with Crippen LogP contribution in [-0.2, 0) is 11.2 Å². The quantitative estimate of drug-likeness (QED) is 0.883. The first-order chi connectivity index (χ1) is 8.73. The van der Waals surface area contributed by atoms with Gasteiger partial charge in [0, 0.05) is 4.88 Å². The second-order valence-electron chi connectivity index (χ2n) is 5.14. The lowest BCUT2D eigenvalue weighted by molar-refractivity contribution is 0.0636. The Bertz CT molecular complexity index is 473. The third-order valence-electron chi connectivity index (χ3n) is 2.12. The van der Waals surface area contributed by atoms with Gasteiger partial charge in [-0.15, -0.1) is 11.3 Å². The number of thiophene rings is 1. The molecule has 1 rings (SSSR count). The Morgan fingerprint density at radius 1 is 1.42 bits per heavy atom. The smallest absolute Gasteiger partial charge is 0.412 e. The van der Waals surface area contributed by atoms with Gasteiger partial charge < -0.3 is 9.84 Å². The number of carbonyl (C=O) groups excluding carboxylic acids is 1. The van der Waals surface area contributed by atoms with E-state index in [4.69, 9.17) is 9.84 Å². The summed E-state index contributed by atoms with van der Waals surface area (Å²) in [7, 11) is 0. The Morgan fingerprint density at radius 3 is 2.53 bits per heavy atom. The summed E-state index contributed by atoms with van der Waals surface area (Å²) < 4.78 is 5.11. The van der Waals surface area contributed by atoms with Crippen LogP contribution in [0.4, 0.5) is 9.80 Å². The molecule has 0 unspecified atom stereocenters. The van der Waals surface area contributed by atoms with E-state index in [0.717, 1.165) is 17.7 Å². The number of hydrogen-bond acceptors (Lipinski definition) is 4. The topological polar surface area (TPSA) is 75.6 Å². The van der Waals surface area contributed by atoms with Gasteiger partial charge in [0.15, 0.2) is 0 Å². The van der Waals surface area contributed by atoms with Gasteiger partial charge in [0.1, 0.15) is 10.6 Å². The number of nitrogens with one attached hydrogen (secondary N) is 1. The fourth-order valence-electron chi connectivity index (χ4n) is 1.46. The number of rotatable bonds is 4. The molecule has 6 heteroatoms. The molecule has 1 amide bonds. The molecule has 0 saturated heterocycles. The zero-order valence-electron chi connectivity index (χ0n) is 11.6. The van der Waals surface area contributed by atoms with Gasteiger partial charge in [-0.3, -0.25) is 5.32 Å². The Balaban J connectivity index is 2.87. The van der Waals surface area contributed by atoms with E-state index >= 15 is 0 Å². The van der Waals surface area contributed by atoms with Gasteiger partial charge in [-0.2, -0.15) is 0 Å². The average molecular weight is 285 g/mol. The molecule has 5 nitrogen and oxygen atoms in total. The number of ether oxygens (including phenoxy) is 1. The summed E-state index contributed by atoms with van der Waals surface area (Å²) in [4.78, 5) is 23.7. The van der Waals surface area contributed by atoms with Crippen molar-refractivity contribution in [1.82, 2.24) is 0 Å². The highest BCUT2D eigenvalue weighted by Gasteiger charge is 2.20. The van der Waals surface area contributed by atoms with Crippen molar-refractivity contribution in [2.75, 3.05) is 5.32 Å². The molecule has 106 valence electrons. The Kier molecular flexibility index (Phi) is 4.94. The summed E-state index contributed by atoms with van der Waals surface area (Å²) in [6.07, 6.45) is 1.08. The molecule has 0 aliphatic heterocycles. The first kappa shape index (κ1) is 15.5. The lowest BCUT2D eigenvalue weighted by Crippen LogP contribution is -2.27. The molecule has 1 aromatic rings. The molecular formula is C13H19NO4S. The molecule has 0 aromatic carbocycles. The van der Waals surface area contributed by atoms with Crippen molar-refractivity contribution >= 4 is 28.4 Å². The molecule has 19 heavy (non-hydrogen) atoms. The van der Waals surface area contributed by atoms with Crippen molar-refractivity contribution in [2.45, 2.75) is 46.1 Å². The molecule has 0 radical (unpaired) electrons. The van der Waals surface area contributed by atoms with Crippen molar-refractivity contribution < 1.29 is 19.4 Å².